The highest BCUT2D eigenvalue weighted by Crippen LogP contribution is 2.04. The first kappa shape index (κ1) is 8.07. The Balaban J connectivity index is 2.98. The molecule has 0 unspecified atom stereocenters. The van der Waals surface area contributed by atoms with Gasteiger partial charge in [-0.3, -0.25) is 4.79 Å². The molecule has 4 N–H and O–H groups in total. The Bertz CT molecular complexity index is 363. The van der Waals surface area contributed by atoms with Gasteiger partial charge in [-0.15, -0.1) is 0 Å². The van der Waals surface area contributed by atoms with Gasteiger partial charge in [-0.05, 0) is 0 Å². The van der Waals surface area contributed by atoms with E-state index in [-0.39, 0.29) is 23.6 Å². The van der Waals surface area contributed by atoms with Gasteiger partial charge in [0.15, 0.2) is 5.82 Å². The number of hydrogen-bond donors (Lipinski definition) is 3. The van der Waals surface area contributed by atoms with Gasteiger partial charge in [-0.1, -0.05) is 0 Å². The molecule has 0 saturated heterocycles. The monoisotopic (exact) mass is 165 g/mol. The molecule has 12 heavy (non-hydrogen) atoms. The number of hydrogen-bond acceptors (Lipinski definition) is 5. The van der Waals surface area contributed by atoms with Crippen molar-refractivity contribution in [3.8, 4) is 6.07 Å². The predicted octanol–water partition coefficient (Wildman–Crippen LogP) is -0.712. The highest BCUT2D eigenvalue weighted by Gasteiger charge is 2.02. The molecular formula is C6H7N5O. The number of aromatic nitrogens is 2. The average molecular weight is 165 g/mol. The van der Waals surface area contributed by atoms with E-state index in [4.69, 9.17) is 11.0 Å². The number of nitrogens with one attached hydrogen (secondary N) is 2. The number of anilines is 2. The van der Waals surface area contributed by atoms with Crippen molar-refractivity contribution in [2.45, 2.75) is 0 Å². The summed E-state index contributed by atoms with van der Waals surface area (Å²) >= 11 is 0. The van der Waals surface area contributed by atoms with Crippen LogP contribution in [0.1, 0.15) is 0 Å². The summed E-state index contributed by atoms with van der Waals surface area (Å²) in [5.41, 5.74) is 5.12. The number of nitrogen functional groups attached to an aromatic ring is 1. The molecule has 62 valence electrons. The van der Waals surface area contributed by atoms with E-state index in [1.54, 1.807) is 0 Å². The number of rotatable bonds is 2. The molecule has 1 aromatic rings. The van der Waals surface area contributed by atoms with Crippen molar-refractivity contribution in [2.75, 3.05) is 17.6 Å². The van der Waals surface area contributed by atoms with Gasteiger partial charge in [-0.25, -0.2) is 4.98 Å². The van der Waals surface area contributed by atoms with E-state index in [9.17, 15) is 4.79 Å². The Kier molecular flexibility index (Phi) is 2.28. The van der Waals surface area contributed by atoms with E-state index >= 15 is 0 Å². The minimum absolute atomic E-state index is 0.0268. The molecule has 0 atom stereocenters. The van der Waals surface area contributed by atoms with Gasteiger partial charge in [-0.2, -0.15) is 5.26 Å². The van der Waals surface area contributed by atoms with Crippen molar-refractivity contribution < 1.29 is 0 Å². The lowest BCUT2D eigenvalue weighted by molar-refractivity contribution is 1.11. The van der Waals surface area contributed by atoms with Gasteiger partial charge in [0.1, 0.15) is 12.2 Å². The van der Waals surface area contributed by atoms with Crippen molar-refractivity contribution >= 4 is 11.5 Å². The minimum atomic E-state index is -0.377. The van der Waals surface area contributed by atoms with E-state index in [0.717, 1.165) is 0 Å². The lowest BCUT2D eigenvalue weighted by Crippen LogP contribution is -2.17. The summed E-state index contributed by atoms with van der Waals surface area (Å²) in [4.78, 5) is 17.0. The maximum Gasteiger partial charge on any atom is 0.276 e. The van der Waals surface area contributed by atoms with Crippen LogP contribution in [0.25, 0.3) is 0 Å². The van der Waals surface area contributed by atoms with Gasteiger partial charge < -0.3 is 16.0 Å². The van der Waals surface area contributed by atoms with Crippen molar-refractivity contribution in [1.82, 2.24) is 9.97 Å². The summed E-state index contributed by atoms with van der Waals surface area (Å²) < 4.78 is 0. The smallest absolute Gasteiger partial charge is 0.276 e. The van der Waals surface area contributed by atoms with Crippen LogP contribution in [-0.2, 0) is 0 Å². The second kappa shape index (κ2) is 3.39. The SMILES string of the molecule is N#CCNc1c(N)nc[nH]c1=O. The molecular weight excluding hydrogens is 158 g/mol. The first-order valence-corrected chi connectivity index (χ1v) is 3.19. The van der Waals surface area contributed by atoms with E-state index in [1.807, 2.05) is 6.07 Å². The van der Waals surface area contributed by atoms with Crippen molar-refractivity contribution in [2.24, 2.45) is 0 Å². The molecule has 0 aliphatic carbocycles. The third-order valence-electron chi connectivity index (χ3n) is 1.23. The average Bonchev–Trinajstić information content (AvgIpc) is 2.04. The van der Waals surface area contributed by atoms with Crippen LogP contribution in [0.2, 0.25) is 0 Å². The van der Waals surface area contributed by atoms with E-state index in [1.165, 1.54) is 6.33 Å². The Morgan fingerprint density at radius 1 is 1.83 bits per heavy atom. The van der Waals surface area contributed by atoms with Crippen molar-refractivity contribution in [3.63, 3.8) is 0 Å². The normalized spacial score (nSPS) is 8.92. The lowest BCUT2D eigenvalue weighted by atomic mass is 10.4. The fourth-order valence-electron chi connectivity index (χ4n) is 0.712. The third-order valence-corrected chi connectivity index (χ3v) is 1.23. The Labute approximate surface area is 68.0 Å². The highest BCUT2D eigenvalue weighted by molar-refractivity contribution is 5.59. The van der Waals surface area contributed by atoms with Crippen LogP contribution in [0.4, 0.5) is 11.5 Å². The van der Waals surface area contributed by atoms with Gasteiger partial charge in [0.2, 0.25) is 0 Å². The van der Waals surface area contributed by atoms with Gasteiger partial charge >= 0.3 is 0 Å². The number of nitriles is 1. The van der Waals surface area contributed by atoms with Crippen LogP contribution < -0.4 is 16.6 Å². The van der Waals surface area contributed by atoms with E-state index in [0.29, 0.717) is 0 Å². The number of nitrogens with two attached hydrogens (primary N) is 1. The zero-order valence-electron chi connectivity index (χ0n) is 6.16. The summed E-state index contributed by atoms with van der Waals surface area (Å²) in [7, 11) is 0. The summed E-state index contributed by atoms with van der Waals surface area (Å²) in [5, 5.41) is 10.8. The molecule has 0 spiro atoms. The van der Waals surface area contributed by atoms with Crippen LogP contribution in [-0.4, -0.2) is 16.5 Å². The molecule has 0 amide bonds. The molecule has 0 aliphatic heterocycles. The summed E-state index contributed by atoms with van der Waals surface area (Å²) in [6.45, 7) is 0.0268. The standard InChI is InChI=1S/C6H7N5O/c7-1-2-9-4-5(8)10-3-11-6(4)12/h3,9H,2H2,(H3,8,10,11,12). The van der Waals surface area contributed by atoms with Crippen LogP contribution in [0.15, 0.2) is 11.1 Å². The first-order chi connectivity index (χ1) is 5.75. The topological polar surface area (TPSA) is 108 Å². The molecule has 1 aromatic heterocycles. The predicted molar refractivity (Wildman–Crippen MR) is 43.4 cm³/mol. The molecule has 0 radical (unpaired) electrons. The van der Waals surface area contributed by atoms with E-state index in [2.05, 4.69) is 15.3 Å². The molecule has 0 fully saturated rings. The number of nitrogens with zero attached hydrogens (tertiary/aromatic N) is 2. The maximum absolute atomic E-state index is 11.0. The van der Waals surface area contributed by atoms with Crippen molar-refractivity contribution in [1.29, 1.82) is 5.26 Å². The van der Waals surface area contributed by atoms with Crippen LogP contribution in [0.3, 0.4) is 0 Å². The maximum atomic E-state index is 11.0. The number of aromatic amines is 1. The Morgan fingerprint density at radius 3 is 3.17 bits per heavy atom. The van der Waals surface area contributed by atoms with Gasteiger partial charge in [0.05, 0.1) is 12.4 Å². The van der Waals surface area contributed by atoms with Gasteiger partial charge in [0.25, 0.3) is 5.56 Å². The molecule has 0 aromatic carbocycles. The molecule has 1 rings (SSSR count). The summed E-state index contributed by atoms with van der Waals surface area (Å²) in [6, 6.07) is 1.82. The fraction of sp³-hybridized carbons (Fsp3) is 0.167. The number of H-pyrrole nitrogens is 1. The molecule has 0 aliphatic rings. The highest BCUT2D eigenvalue weighted by atomic mass is 16.1. The second-order valence-corrected chi connectivity index (χ2v) is 2.00. The molecule has 0 bridgehead atoms. The van der Waals surface area contributed by atoms with Crippen LogP contribution in [0, 0.1) is 11.3 Å². The largest absolute Gasteiger partial charge is 0.382 e. The van der Waals surface area contributed by atoms with Crippen LogP contribution in [0.5, 0.6) is 0 Å². The minimum Gasteiger partial charge on any atom is -0.382 e. The molecule has 6 heteroatoms. The first-order valence-electron chi connectivity index (χ1n) is 3.19. The lowest BCUT2D eigenvalue weighted by Gasteiger charge is -2.01. The van der Waals surface area contributed by atoms with Gasteiger partial charge in [0, 0.05) is 0 Å². The quantitative estimate of drug-likeness (QED) is 0.501. The zero-order chi connectivity index (χ0) is 8.97. The molecule has 0 saturated carbocycles. The summed E-state index contributed by atoms with van der Waals surface area (Å²) in [6.07, 6.45) is 1.20. The molecule has 1 heterocycles. The Morgan fingerprint density at radius 2 is 2.58 bits per heavy atom. The fourth-order valence-corrected chi connectivity index (χ4v) is 0.712. The van der Waals surface area contributed by atoms with E-state index < -0.39 is 0 Å². The third kappa shape index (κ3) is 1.52. The van der Waals surface area contributed by atoms with Crippen LogP contribution >= 0.6 is 0 Å². The molecule has 6 nitrogen and oxygen atoms in total. The second-order valence-electron chi connectivity index (χ2n) is 2.00. The van der Waals surface area contributed by atoms with Crippen molar-refractivity contribution in [3.05, 3.63) is 16.7 Å². The zero-order valence-corrected chi connectivity index (χ0v) is 6.16. The Hall–Kier alpha value is -2.03. The summed E-state index contributed by atoms with van der Waals surface area (Å²) in [5.74, 6) is 0.0917.